The van der Waals surface area contributed by atoms with Gasteiger partial charge in [0.05, 0.1) is 0 Å². The summed E-state index contributed by atoms with van der Waals surface area (Å²) in [5.74, 6) is -0.0225. The molecule has 1 aliphatic carbocycles. The van der Waals surface area contributed by atoms with Gasteiger partial charge in [0, 0.05) is 25.7 Å². The van der Waals surface area contributed by atoms with Crippen molar-refractivity contribution in [3.05, 3.63) is 0 Å². The maximum atomic E-state index is 10.9. The van der Waals surface area contributed by atoms with Gasteiger partial charge in [-0.2, -0.15) is 0 Å². The van der Waals surface area contributed by atoms with Crippen LogP contribution in [0.2, 0.25) is 0 Å². The molecule has 0 aromatic rings. The van der Waals surface area contributed by atoms with Gasteiger partial charge < -0.3 is 9.84 Å². The summed E-state index contributed by atoms with van der Waals surface area (Å²) in [6, 6.07) is 0.623. The predicted octanol–water partition coefficient (Wildman–Crippen LogP) is 0.960. The molecule has 2 fully saturated rings. The van der Waals surface area contributed by atoms with E-state index in [0.29, 0.717) is 19.2 Å². The van der Waals surface area contributed by atoms with Crippen molar-refractivity contribution >= 4 is 5.97 Å². The molecule has 15 heavy (non-hydrogen) atoms. The number of carbonyl (C=O) groups is 1. The molecule has 1 saturated carbocycles. The van der Waals surface area contributed by atoms with Crippen LogP contribution in [0.1, 0.15) is 26.2 Å². The third-order valence-electron chi connectivity index (χ3n) is 3.57. The predicted molar refractivity (Wildman–Crippen MR) is 55.8 cm³/mol. The molecule has 3 atom stereocenters. The van der Waals surface area contributed by atoms with E-state index in [1.165, 1.54) is 19.3 Å². The van der Waals surface area contributed by atoms with Crippen LogP contribution in [0.4, 0.5) is 0 Å². The van der Waals surface area contributed by atoms with Gasteiger partial charge in [0.15, 0.2) is 6.10 Å². The van der Waals surface area contributed by atoms with Gasteiger partial charge in [0.2, 0.25) is 0 Å². The molecule has 4 nitrogen and oxygen atoms in total. The zero-order chi connectivity index (χ0) is 10.8. The molecule has 2 aliphatic rings. The Morgan fingerprint density at radius 1 is 1.60 bits per heavy atom. The molecule has 2 rings (SSSR count). The number of piperidine rings is 1. The standard InChI is InChI=1S/C11H19NO3/c1-2-15-10(11(13)14)7-12-6-8-3-4-9(12)5-8/h8-10H,2-7H2,1H3,(H,13,14). The molecule has 1 heterocycles. The van der Waals surface area contributed by atoms with Crippen molar-refractivity contribution in [2.75, 3.05) is 19.7 Å². The van der Waals surface area contributed by atoms with Crippen LogP contribution in [-0.4, -0.2) is 47.8 Å². The van der Waals surface area contributed by atoms with E-state index in [0.717, 1.165) is 12.5 Å². The summed E-state index contributed by atoms with van der Waals surface area (Å²) in [6.45, 7) is 3.94. The van der Waals surface area contributed by atoms with Gasteiger partial charge in [-0.15, -0.1) is 0 Å². The normalized spacial score (nSPS) is 32.1. The van der Waals surface area contributed by atoms with Crippen LogP contribution < -0.4 is 0 Å². The minimum Gasteiger partial charge on any atom is -0.479 e. The third-order valence-corrected chi connectivity index (χ3v) is 3.57. The number of aliphatic carboxylic acids is 1. The molecule has 0 radical (unpaired) electrons. The van der Waals surface area contributed by atoms with Crippen LogP contribution in [0.3, 0.4) is 0 Å². The molecule has 1 aliphatic heterocycles. The molecular weight excluding hydrogens is 194 g/mol. The summed E-state index contributed by atoms with van der Waals surface area (Å²) in [4.78, 5) is 13.2. The number of nitrogens with zero attached hydrogens (tertiary/aromatic N) is 1. The fourth-order valence-corrected chi connectivity index (χ4v) is 2.87. The molecule has 0 aromatic heterocycles. The van der Waals surface area contributed by atoms with Gasteiger partial charge in [-0.3, -0.25) is 4.90 Å². The number of ether oxygens (including phenoxy) is 1. The van der Waals surface area contributed by atoms with Gasteiger partial charge in [-0.1, -0.05) is 0 Å². The second kappa shape index (κ2) is 4.49. The van der Waals surface area contributed by atoms with Crippen LogP contribution in [0.25, 0.3) is 0 Å². The number of carboxylic acid groups (broad SMARTS) is 1. The molecule has 86 valence electrons. The summed E-state index contributed by atoms with van der Waals surface area (Å²) >= 11 is 0. The van der Waals surface area contributed by atoms with Crippen molar-refractivity contribution in [1.82, 2.24) is 4.90 Å². The molecule has 0 aromatic carbocycles. The molecule has 0 amide bonds. The highest BCUT2D eigenvalue weighted by Crippen LogP contribution is 2.37. The zero-order valence-corrected chi connectivity index (χ0v) is 9.19. The highest BCUT2D eigenvalue weighted by atomic mass is 16.5. The first-order valence-electron chi connectivity index (χ1n) is 5.79. The van der Waals surface area contributed by atoms with Crippen LogP contribution in [-0.2, 0) is 9.53 Å². The van der Waals surface area contributed by atoms with E-state index < -0.39 is 12.1 Å². The summed E-state index contributed by atoms with van der Waals surface area (Å²) in [5, 5.41) is 8.98. The van der Waals surface area contributed by atoms with E-state index in [2.05, 4.69) is 4.90 Å². The first-order chi connectivity index (χ1) is 7.20. The smallest absolute Gasteiger partial charge is 0.334 e. The molecule has 1 N–H and O–H groups in total. The van der Waals surface area contributed by atoms with Crippen LogP contribution in [0.15, 0.2) is 0 Å². The summed E-state index contributed by atoms with van der Waals surface area (Å²) in [7, 11) is 0. The molecule has 2 bridgehead atoms. The Kier molecular flexibility index (Phi) is 3.26. The first kappa shape index (κ1) is 10.9. The molecule has 4 heteroatoms. The van der Waals surface area contributed by atoms with E-state index >= 15 is 0 Å². The molecule has 0 spiro atoms. The highest BCUT2D eigenvalue weighted by molar-refractivity contribution is 5.72. The Bertz CT molecular complexity index is 244. The Labute approximate surface area is 90.2 Å². The monoisotopic (exact) mass is 213 g/mol. The lowest BCUT2D eigenvalue weighted by Crippen LogP contribution is -2.42. The SMILES string of the molecule is CCOC(CN1CC2CCC1C2)C(=O)O. The van der Waals surface area contributed by atoms with Crippen LogP contribution >= 0.6 is 0 Å². The van der Waals surface area contributed by atoms with Gasteiger partial charge >= 0.3 is 5.97 Å². The van der Waals surface area contributed by atoms with Crippen LogP contribution in [0, 0.1) is 5.92 Å². The summed E-state index contributed by atoms with van der Waals surface area (Å²) in [6.07, 6.45) is 3.18. The van der Waals surface area contributed by atoms with E-state index in [-0.39, 0.29) is 0 Å². The second-order valence-corrected chi connectivity index (χ2v) is 4.57. The van der Waals surface area contributed by atoms with Crippen molar-refractivity contribution in [2.24, 2.45) is 5.92 Å². The lowest BCUT2D eigenvalue weighted by atomic mass is 10.1. The molecule has 1 saturated heterocycles. The van der Waals surface area contributed by atoms with Crippen LogP contribution in [0.5, 0.6) is 0 Å². The van der Waals surface area contributed by atoms with Crippen molar-refractivity contribution < 1.29 is 14.6 Å². The second-order valence-electron chi connectivity index (χ2n) is 4.57. The van der Waals surface area contributed by atoms with Crippen molar-refractivity contribution in [3.8, 4) is 0 Å². The fourth-order valence-electron chi connectivity index (χ4n) is 2.87. The minimum atomic E-state index is -0.834. The Hall–Kier alpha value is -0.610. The first-order valence-corrected chi connectivity index (χ1v) is 5.79. The topological polar surface area (TPSA) is 49.8 Å². The maximum Gasteiger partial charge on any atom is 0.334 e. The van der Waals surface area contributed by atoms with Gasteiger partial charge in [0.25, 0.3) is 0 Å². The average molecular weight is 213 g/mol. The minimum absolute atomic E-state index is 0.471. The zero-order valence-electron chi connectivity index (χ0n) is 9.19. The third kappa shape index (κ3) is 2.32. The number of hydrogen-bond donors (Lipinski definition) is 1. The van der Waals surface area contributed by atoms with Crippen molar-refractivity contribution in [2.45, 2.75) is 38.3 Å². The number of likely N-dealkylation sites (tertiary alicyclic amines) is 1. The number of carboxylic acids is 1. The van der Waals surface area contributed by atoms with Gasteiger partial charge in [-0.05, 0) is 32.1 Å². The summed E-state index contributed by atoms with van der Waals surface area (Å²) in [5.41, 5.74) is 0. The average Bonchev–Trinajstić information content (AvgIpc) is 2.78. The molecular formula is C11H19NO3. The quantitative estimate of drug-likeness (QED) is 0.739. The van der Waals surface area contributed by atoms with E-state index in [9.17, 15) is 4.79 Å². The van der Waals surface area contributed by atoms with E-state index in [1.54, 1.807) is 0 Å². The van der Waals surface area contributed by atoms with Crippen molar-refractivity contribution in [1.29, 1.82) is 0 Å². The largest absolute Gasteiger partial charge is 0.479 e. The van der Waals surface area contributed by atoms with Gasteiger partial charge in [-0.25, -0.2) is 4.79 Å². The lowest BCUT2D eigenvalue weighted by Gasteiger charge is -2.28. The maximum absolute atomic E-state index is 10.9. The molecule has 3 unspecified atom stereocenters. The Morgan fingerprint density at radius 2 is 2.40 bits per heavy atom. The van der Waals surface area contributed by atoms with E-state index in [1.807, 2.05) is 6.92 Å². The number of rotatable bonds is 5. The van der Waals surface area contributed by atoms with Gasteiger partial charge in [0.1, 0.15) is 0 Å². The fraction of sp³-hybridized carbons (Fsp3) is 0.909. The van der Waals surface area contributed by atoms with E-state index in [4.69, 9.17) is 9.84 Å². The Balaban J connectivity index is 1.86. The number of hydrogen-bond acceptors (Lipinski definition) is 3. The highest BCUT2D eigenvalue weighted by Gasteiger charge is 2.39. The Morgan fingerprint density at radius 3 is 2.87 bits per heavy atom. The lowest BCUT2D eigenvalue weighted by molar-refractivity contribution is -0.151. The van der Waals surface area contributed by atoms with Crippen molar-refractivity contribution in [3.63, 3.8) is 0 Å². The summed E-state index contributed by atoms with van der Waals surface area (Å²) < 4.78 is 5.23. The number of fused-ring (bicyclic) bond motifs is 2.